The van der Waals surface area contributed by atoms with Crippen LogP contribution >= 0.6 is 11.3 Å². The number of benzene rings is 1. The molecule has 1 saturated heterocycles. The smallest absolute Gasteiger partial charge is 0.282 e. The summed E-state index contributed by atoms with van der Waals surface area (Å²) in [4.78, 5) is 31.1. The monoisotopic (exact) mass is 366 g/mol. The van der Waals surface area contributed by atoms with Crippen molar-refractivity contribution >= 4 is 34.4 Å². The van der Waals surface area contributed by atoms with E-state index in [1.54, 1.807) is 0 Å². The molecule has 4 nitrogen and oxygen atoms in total. The molecule has 0 spiro atoms. The summed E-state index contributed by atoms with van der Waals surface area (Å²) in [5, 5.41) is 1.95. The Hall–Kier alpha value is -2.40. The minimum absolute atomic E-state index is 0.186. The zero-order valence-corrected chi connectivity index (χ0v) is 15.9. The van der Waals surface area contributed by atoms with Crippen LogP contribution in [0.4, 0.5) is 5.69 Å². The third kappa shape index (κ3) is 2.76. The number of carbonyl (C=O) groups is 2. The second kappa shape index (κ2) is 6.72. The van der Waals surface area contributed by atoms with E-state index in [0.29, 0.717) is 17.0 Å². The molecule has 2 aliphatic heterocycles. The number of hydrogen-bond donors (Lipinski definition) is 0. The summed E-state index contributed by atoms with van der Waals surface area (Å²) in [7, 11) is 0. The fraction of sp³-hybridized carbons (Fsp3) is 0.333. The normalized spacial score (nSPS) is 18.2. The molecular weight excluding hydrogens is 344 g/mol. The number of amides is 2. The SMILES string of the molecule is Cc1ccc(C)c(N2C(=O)C(c3cccs3)=C(N3CCCCC3)C2=O)c1. The number of piperidine rings is 1. The second-order valence-corrected chi connectivity index (χ2v) is 7.93. The van der Waals surface area contributed by atoms with Crippen molar-refractivity contribution in [2.45, 2.75) is 33.1 Å². The molecule has 134 valence electrons. The van der Waals surface area contributed by atoms with Gasteiger partial charge in [0.05, 0.1) is 11.3 Å². The van der Waals surface area contributed by atoms with Crippen molar-refractivity contribution in [2.24, 2.45) is 0 Å². The van der Waals surface area contributed by atoms with Gasteiger partial charge in [-0.3, -0.25) is 9.59 Å². The van der Waals surface area contributed by atoms with E-state index >= 15 is 0 Å². The van der Waals surface area contributed by atoms with Gasteiger partial charge in [-0.25, -0.2) is 4.90 Å². The van der Waals surface area contributed by atoms with Gasteiger partial charge in [-0.1, -0.05) is 18.2 Å². The number of anilines is 1. The molecule has 2 amide bonds. The van der Waals surface area contributed by atoms with Crippen LogP contribution in [0, 0.1) is 13.8 Å². The molecular formula is C21H22N2O2S. The summed E-state index contributed by atoms with van der Waals surface area (Å²) in [5.74, 6) is -0.388. The Bertz CT molecular complexity index is 893. The summed E-state index contributed by atoms with van der Waals surface area (Å²) >= 11 is 1.51. The van der Waals surface area contributed by atoms with Crippen molar-refractivity contribution in [3.8, 4) is 0 Å². The van der Waals surface area contributed by atoms with E-state index in [1.807, 2.05) is 49.6 Å². The fourth-order valence-corrected chi connectivity index (χ4v) is 4.51. The van der Waals surface area contributed by atoms with Crippen LogP contribution in [-0.2, 0) is 9.59 Å². The molecule has 0 atom stereocenters. The Balaban J connectivity index is 1.84. The largest absolute Gasteiger partial charge is 0.366 e. The van der Waals surface area contributed by atoms with Gasteiger partial charge in [0, 0.05) is 18.0 Å². The van der Waals surface area contributed by atoms with Gasteiger partial charge in [-0.15, -0.1) is 11.3 Å². The maximum Gasteiger partial charge on any atom is 0.282 e. The molecule has 1 fully saturated rings. The summed E-state index contributed by atoms with van der Waals surface area (Å²) in [6.07, 6.45) is 3.30. The van der Waals surface area contributed by atoms with Crippen molar-refractivity contribution in [3.63, 3.8) is 0 Å². The number of rotatable bonds is 3. The van der Waals surface area contributed by atoms with Crippen molar-refractivity contribution in [2.75, 3.05) is 18.0 Å². The third-order valence-electron chi connectivity index (χ3n) is 5.10. The van der Waals surface area contributed by atoms with Gasteiger partial charge < -0.3 is 4.90 Å². The van der Waals surface area contributed by atoms with Crippen molar-refractivity contribution < 1.29 is 9.59 Å². The molecule has 1 aromatic carbocycles. The molecule has 26 heavy (non-hydrogen) atoms. The van der Waals surface area contributed by atoms with Gasteiger partial charge >= 0.3 is 0 Å². The van der Waals surface area contributed by atoms with Crippen LogP contribution in [0.25, 0.3) is 5.57 Å². The Kier molecular flexibility index (Phi) is 4.41. The van der Waals surface area contributed by atoms with Gasteiger partial charge in [0.25, 0.3) is 11.8 Å². The number of imide groups is 1. The summed E-state index contributed by atoms with van der Waals surface area (Å²) in [6.45, 7) is 5.60. The minimum Gasteiger partial charge on any atom is -0.366 e. The average Bonchev–Trinajstić information content (AvgIpc) is 3.24. The minimum atomic E-state index is -0.202. The number of likely N-dealkylation sites (tertiary alicyclic amines) is 1. The Morgan fingerprint density at radius 3 is 2.42 bits per heavy atom. The van der Waals surface area contributed by atoms with E-state index in [9.17, 15) is 9.59 Å². The molecule has 2 aromatic rings. The maximum absolute atomic E-state index is 13.4. The lowest BCUT2D eigenvalue weighted by molar-refractivity contribution is -0.120. The highest BCUT2D eigenvalue weighted by molar-refractivity contribution is 7.11. The van der Waals surface area contributed by atoms with Crippen LogP contribution < -0.4 is 4.90 Å². The Labute approximate surface area is 157 Å². The van der Waals surface area contributed by atoms with E-state index in [0.717, 1.165) is 41.9 Å². The zero-order valence-electron chi connectivity index (χ0n) is 15.1. The molecule has 4 rings (SSSR count). The van der Waals surface area contributed by atoms with Gasteiger partial charge in [-0.2, -0.15) is 0 Å². The lowest BCUT2D eigenvalue weighted by atomic mass is 10.1. The molecule has 1 aromatic heterocycles. The van der Waals surface area contributed by atoms with E-state index in [2.05, 4.69) is 4.90 Å². The molecule has 0 bridgehead atoms. The molecule has 0 saturated carbocycles. The zero-order chi connectivity index (χ0) is 18.3. The molecule has 3 heterocycles. The van der Waals surface area contributed by atoms with E-state index < -0.39 is 0 Å². The summed E-state index contributed by atoms with van der Waals surface area (Å²) in [5.41, 5.74) is 3.81. The number of aryl methyl sites for hydroxylation is 2. The first kappa shape index (κ1) is 17.0. The summed E-state index contributed by atoms with van der Waals surface area (Å²) in [6, 6.07) is 9.76. The lowest BCUT2D eigenvalue weighted by Gasteiger charge is -2.29. The molecule has 2 aliphatic rings. The first-order valence-electron chi connectivity index (χ1n) is 9.07. The van der Waals surface area contributed by atoms with Gasteiger partial charge in [-0.05, 0) is 61.7 Å². The number of carbonyl (C=O) groups excluding carboxylic acids is 2. The quantitative estimate of drug-likeness (QED) is 0.767. The van der Waals surface area contributed by atoms with Gasteiger partial charge in [0.15, 0.2) is 0 Å². The van der Waals surface area contributed by atoms with Gasteiger partial charge in [0.1, 0.15) is 5.70 Å². The van der Waals surface area contributed by atoms with Crippen LogP contribution in [0.5, 0.6) is 0 Å². The van der Waals surface area contributed by atoms with E-state index in [1.165, 1.54) is 22.7 Å². The predicted molar refractivity (Wildman–Crippen MR) is 105 cm³/mol. The number of nitrogens with zero attached hydrogens (tertiary/aromatic N) is 2. The van der Waals surface area contributed by atoms with Crippen LogP contribution in [0.1, 0.15) is 35.3 Å². The fourth-order valence-electron chi connectivity index (χ4n) is 3.75. The number of thiophene rings is 1. The highest BCUT2D eigenvalue weighted by atomic mass is 32.1. The van der Waals surface area contributed by atoms with Crippen LogP contribution in [0.3, 0.4) is 0 Å². The molecule has 5 heteroatoms. The van der Waals surface area contributed by atoms with Crippen molar-refractivity contribution in [1.82, 2.24) is 4.90 Å². The standard InChI is InChI=1S/C21H22N2O2S/c1-14-8-9-15(2)16(13-14)23-20(24)18(17-7-6-12-26-17)19(21(23)25)22-10-4-3-5-11-22/h6-9,12-13H,3-5,10-11H2,1-2H3. The van der Waals surface area contributed by atoms with Crippen molar-refractivity contribution in [3.05, 3.63) is 57.4 Å². The third-order valence-corrected chi connectivity index (χ3v) is 5.99. The first-order chi connectivity index (χ1) is 12.6. The Morgan fingerprint density at radius 1 is 0.962 bits per heavy atom. The van der Waals surface area contributed by atoms with Crippen molar-refractivity contribution in [1.29, 1.82) is 0 Å². The highest BCUT2D eigenvalue weighted by Crippen LogP contribution is 2.38. The maximum atomic E-state index is 13.4. The average molecular weight is 366 g/mol. The van der Waals surface area contributed by atoms with Gasteiger partial charge in [0.2, 0.25) is 0 Å². The van der Waals surface area contributed by atoms with Crippen LogP contribution in [-0.4, -0.2) is 29.8 Å². The Morgan fingerprint density at radius 2 is 1.73 bits per heavy atom. The predicted octanol–water partition coefficient (Wildman–Crippen LogP) is 4.14. The number of hydrogen-bond acceptors (Lipinski definition) is 4. The van der Waals surface area contributed by atoms with E-state index in [-0.39, 0.29) is 11.8 Å². The first-order valence-corrected chi connectivity index (χ1v) is 9.95. The molecule has 0 unspecified atom stereocenters. The molecule has 0 aliphatic carbocycles. The van der Waals surface area contributed by atoms with Crippen LogP contribution in [0.2, 0.25) is 0 Å². The highest BCUT2D eigenvalue weighted by Gasteiger charge is 2.43. The second-order valence-electron chi connectivity index (χ2n) is 6.98. The van der Waals surface area contributed by atoms with Crippen LogP contribution in [0.15, 0.2) is 41.4 Å². The molecule has 0 N–H and O–H groups in total. The van der Waals surface area contributed by atoms with E-state index in [4.69, 9.17) is 0 Å². The summed E-state index contributed by atoms with van der Waals surface area (Å²) < 4.78 is 0. The topological polar surface area (TPSA) is 40.6 Å². The molecule has 0 radical (unpaired) electrons. The lowest BCUT2D eigenvalue weighted by Crippen LogP contribution is -2.37.